The number of hydrogen-bond donors (Lipinski definition) is 1. The first-order valence-electron chi connectivity index (χ1n) is 6.62. The molecule has 0 aliphatic heterocycles. The van der Waals surface area contributed by atoms with Gasteiger partial charge >= 0.3 is 6.18 Å². The van der Waals surface area contributed by atoms with Gasteiger partial charge in [-0.1, -0.05) is 19.9 Å². The summed E-state index contributed by atoms with van der Waals surface area (Å²) in [7, 11) is 0. The topological polar surface area (TPSA) is 12.0 Å². The van der Waals surface area contributed by atoms with Crippen LogP contribution >= 0.6 is 0 Å². The van der Waals surface area contributed by atoms with E-state index in [1.165, 1.54) is 19.1 Å². The predicted molar refractivity (Wildman–Crippen MR) is 71.2 cm³/mol. The number of alkyl halides is 3. The molecule has 1 unspecified atom stereocenters. The van der Waals surface area contributed by atoms with Crippen LogP contribution in [0.2, 0.25) is 0 Å². The summed E-state index contributed by atoms with van der Waals surface area (Å²) in [6.07, 6.45) is -1.15. The summed E-state index contributed by atoms with van der Waals surface area (Å²) in [6, 6.07) is 4.76. The second-order valence-corrected chi connectivity index (χ2v) is 6.28. The van der Waals surface area contributed by atoms with E-state index >= 15 is 0 Å². The van der Waals surface area contributed by atoms with Crippen LogP contribution in [0, 0.1) is 12.3 Å². The predicted octanol–water partition coefficient (Wildman–Crippen LogP) is 5.00. The third-order valence-corrected chi connectivity index (χ3v) is 3.88. The average molecular weight is 271 g/mol. The highest BCUT2D eigenvalue weighted by molar-refractivity contribution is 5.50. The van der Waals surface area contributed by atoms with Crippen molar-refractivity contribution in [1.82, 2.24) is 0 Å². The third-order valence-electron chi connectivity index (χ3n) is 3.88. The molecule has 106 valence electrons. The number of hydrogen-bond acceptors (Lipinski definition) is 1. The molecule has 19 heavy (non-hydrogen) atoms. The maximum Gasteiger partial charge on any atom is 0.416 e. The van der Waals surface area contributed by atoms with Crippen molar-refractivity contribution in [3.63, 3.8) is 0 Å². The van der Waals surface area contributed by atoms with Gasteiger partial charge in [-0.3, -0.25) is 0 Å². The molecule has 1 aliphatic rings. The van der Waals surface area contributed by atoms with Crippen molar-refractivity contribution >= 4 is 5.69 Å². The molecule has 1 saturated carbocycles. The SMILES string of the molecule is Cc1ccc(NC2CCC(C)(C)C2)cc1C(F)(F)F. The van der Waals surface area contributed by atoms with Crippen LogP contribution in [0.4, 0.5) is 18.9 Å². The third kappa shape index (κ3) is 3.43. The Labute approximate surface area is 112 Å². The summed E-state index contributed by atoms with van der Waals surface area (Å²) in [5, 5.41) is 3.24. The van der Waals surface area contributed by atoms with Crippen LogP contribution < -0.4 is 5.32 Å². The molecule has 0 heterocycles. The highest BCUT2D eigenvalue weighted by Gasteiger charge is 2.34. The van der Waals surface area contributed by atoms with Gasteiger partial charge in [0.1, 0.15) is 0 Å². The number of anilines is 1. The van der Waals surface area contributed by atoms with E-state index in [4.69, 9.17) is 0 Å². The lowest BCUT2D eigenvalue weighted by molar-refractivity contribution is -0.138. The van der Waals surface area contributed by atoms with Crippen LogP contribution in [0.5, 0.6) is 0 Å². The molecule has 0 bridgehead atoms. The van der Waals surface area contributed by atoms with Gasteiger partial charge in [0.2, 0.25) is 0 Å². The Kier molecular flexibility index (Phi) is 3.54. The monoisotopic (exact) mass is 271 g/mol. The Morgan fingerprint density at radius 1 is 1.26 bits per heavy atom. The first-order valence-corrected chi connectivity index (χ1v) is 6.62. The van der Waals surface area contributed by atoms with Crippen molar-refractivity contribution in [3.05, 3.63) is 29.3 Å². The van der Waals surface area contributed by atoms with E-state index in [1.807, 2.05) is 0 Å². The Morgan fingerprint density at radius 3 is 2.47 bits per heavy atom. The molecular weight excluding hydrogens is 251 g/mol. The zero-order valence-electron chi connectivity index (χ0n) is 11.6. The fourth-order valence-corrected chi connectivity index (χ4v) is 2.81. The van der Waals surface area contributed by atoms with Crippen LogP contribution in [-0.4, -0.2) is 6.04 Å². The minimum atomic E-state index is -4.28. The standard InChI is InChI=1S/C15H20F3N/c1-10-4-5-11(8-13(10)15(16,17)18)19-12-6-7-14(2,3)9-12/h4-5,8,12,19H,6-7,9H2,1-3H3. The fraction of sp³-hybridized carbons (Fsp3) is 0.600. The molecule has 0 aromatic heterocycles. The first-order chi connectivity index (χ1) is 8.67. The molecule has 1 atom stereocenters. The molecule has 2 rings (SSSR count). The summed E-state index contributed by atoms with van der Waals surface area (Å²) in [5.74, 6) is 0. The zero-order chi connectivity index (χ0) is 14.3. The maximum atomic E-state index is 12.8. The molecule has 0 radical (unpaired) electrons. The zero-order valence-corrected chi connectivity index (χ0v) is 11.6. The lowest BCUT2D eigenvalue weighted by Gasteiger charge is -2.19. The second-order valence-electron chi connectivity index (χ2n) is 6.28. The van der Waals surface area contributed by atoms with Gasteiger partial charge in [-0.25, -0.2) is 0 Å². The molecule has 1 fully saturated rings. The van der Waals surface area contributed by atoms with Gasteiger partial charge in [0.15, 0.2) is 0 Å². The minimum Gasteiger partial charge on any atom is -0.382 e. The van der Waals surface area contributed by atoms with Crippen LogP contribution in [0.3, 0.4) is 0 Å². The first kappa shape index (κ1) is 14.2. The van der Waals surface area contributed by atoms with Crippen LogP contribution in [0.15, 0.2) is 18.2 Å². The van der Waals surface area contributed by atoms with E-state index < -0.39 is 11.7 Å². The Bertz CT molecular complexity index is 463. The van der Waals surface area contributed by atoms with E-state index in [0.29, 0.717) is 5.69 Å². The van der Waals surface area contributed by atoms with Gasteiger partial charge in [-0.15, -0.1) is 0 Å². The molecule has 4 heteroatoms. The molecule has 0 spiro atoms. The lowest BCUT2D eigenvalue weighted by Crippen LogP contribution is -2.18. The van der Waals surface area contributed by atoms with Crippen molar-refractivity contribution in [1.29, 1.82) is 0 Å². The minimum absolute atomic E-state index is 0.268. The van der Waals surface area contributed by atoms with Crippen LogP contribution in [-0.2, 0) is 6.18 Å². The molecule has 1 aliphatic carbocycles. The van der Waals surface area contributed by atoms with E-state index in [-0.39, 0.29) is 17.0 Å². The summed E-state index contributed by atoms with van der Waals surface area (Å²) >= 11 is 0. The second kappa shape index (κ2) is 4.73. The number of rotatable bonds is 2. The number of benzene rings is 1. The number of aryl methyl sites for hydroxylation is 1. The molecule has 1 nitrogen and oxygen atoms in total. The average Bonchev–Trinajstić information content (AvgIpc) is 2.59. The molecule has 1 N–H and O–H groups in total. The highest BCUT2D eigenvalue weighted by atomic mass is 19.4. The Morgan fingerprint density at radius 2 is 1.95 bits per heavy atom. The van der Waals surface area contributed by atoms with Crippen molar-refractivity contribution in [2.45, 2.75) is 52.3 Å². The quantitative estimate of drug-likeness (QED) is 0.797. The van der Waals surface area contributed by atoms with E-state index in [1.54, 1.807) is 6.07 Å². The van der Waals surface area contributed by atoms with Gasteiger partial charge in [-0.05, 0) is 49.3 Å². The van der Waals surface area contributed by atoms with E-state index in [2.05, 4.69) is 19.2 Å². The lowest BCUT2D eigenvalue weighted by atomic mass is 9.92. The smallest absolute Gasteiger partial charge is 0.382 e. The highest BCUT2D eigenvalue weighted by Crippen LogP contribution is 2.39. The van der Waals surface area contributed by atoms with Crippen molar-refractivity contribution in [2.24, 2.45) is 5.41 Å². The van der Waals surface area contributed by atoms with E-state index in [0.717, 1.165) is 19.3 Å². The van der Waals surface area contributed by atoms with Crippen molar-refractivity contribution in [3.8, 4) is 0 Å². The van der Waals surface area contributed by atoms with Crippen LogP contribution in [0.1, 0.15) is 44.2 Å². The van der Waals surface area contributed by atoms with Gasteiger partial charge in [0.05, 0.1) is 5.56 Å². The largest absolute Gasteiger partial charge is 0.416 e. The number of halogens is 3. The summed E-state index contributed by atoms with van der Waals surface area (Å²) in [5.41, 5.74) is 0.579. The molecule has 0 saturated heterocycles. The molecular formula is C15H20F3N. The fourth-order valence-electron chi connectivity index (χ4n) is 2.81. The summed E-state index contributed by atoms with van der Waals surface area (Å²) < 4.78 is 38.5. The van der Waals surface area contributed by atoms with Gasteiger partial charge < -0.3 is 5.32 Å². The van der Waals surface area contributed by atoms with Crippen molar-refractivity contribution in [2.75, 3.05) is 5.32 Å². The Hall–Kier alpha value is -1.19. The van der Waals surface area contributed by atoms with Gasteiger partial charge in [0.25, 0.3) is 0 Å². The normalized spacial score (nSPS) is 22.5. The maximum absolute atomic E-state index is 12.8. The molecule has 1 aromatic rings. The Balaban J connectivity index is 2.14. The number of nitrogens with one attached hydrogen (secondary N) is 1. The summed E-state index contributed by atoms with van der Waals surface area (Å²) in [6.45, 7) is 5.89. The van der Waals surface area contributed by atoms with E-state index in [9.17, 15) is 13.2 Å². The summed E-state index contributed by atoms with van der Waals surface area (Å²) in [4.78, 5) is 0. The van der Waals surface area contributed by atoms with Crippen molar-refractivity contribution < 1.29 is 13.2 Å². The van der Waals surface area contributed by atoms with Gasteiger partial charge in [0, 0.05) is 11.7 Å². The molecule has 0 amide bonds. The van der Waals surface area contributed by atoms with Gasteiger partial charge in [-0.2, -0.15) is 13.2 Å². The molecule has 1 aromatic carbocycles. The van der Waals surface area contributed by atoms with Crippen LogP contribution in [0.25, 0.3) is 0 Å².